The molecule has 2 nitrogen and oxygen atoms in total. The summed E-state index contributed by atoms with van der Waals surface area (Å²) in [4.78, 5) is 0. The third-order valence-corrected chi connectivity index (χ3v) is 5.00. The van der Waals surface area contributed by atoms with Crippen LogP contribution in [0.2, 0.25) is 0 Å². The molecule has 0 aliphatic heterocycles. The number of hydrogen-bond donors (Lipinski definition) is 1. The van der Waals surface area contributed by atoms with Gasteiger partial charge in [0.05, 0.1) is 7.11 Å². The lowest BCUT2D eigenvalue weighted by Crippen LogP contribution is -2.38. The summed E-state index contributed by atoms with van der Waals surface area (Å²) < 4.78 is 18.8. The predicted molar refractivity (Wildman–Crippen MR) is 85.2 cm³/mol. The van der Waals surface area contributed by atoms with Crippen LogP contribution in [0.3, 0.4) is 0 Å². The molecule has 1 atom stereocenters. The Hall–Kier alpha value is -1.09. The molecule has 1 unspecified atom stereocenters. The largest absolute Gasteiger partial charge is 0.494 e. The second kappa shape index (κ2) is 6.78. The van der Waals surface area contributed by atoms with E-state index in [1.54, 1.807) is 12.1 Å². The van der Waals surface area contributed by atoms with Gasteiger partial charge in [-0.1, -0.05) is 19.9 Å². The minimum atomic E-state index is -0.269. The lowest BCUT2D eigenvalue weighted by Gasteiger charge is -2.38. The van der Waals surface area contributed by atoms with Crippen LogP contribution in [0.4, 0.5) is 4.39 Å². The summed E-state index contributed by atoms with van der Waals surface area (Å²) in [7, 11) is 3.52. The van der Waals surface area contributed by atoms with Crippen LogP contribution in [-0.2, 0) is 6.42 Å². The van der Waals surface area contributed by atoms with E-state index in [2.05, 4.69) is 19.2 Å². The van der Waals surface area contributed by atoms with Gasteiger partial charge in [0.1, 0.15) is 0 Å². The number of rotatable bonds is 5. The van der Waals surface area contributed by atoms with Crippen LogP contribution in [0.5, 0.6) is 5.75 Å². The summed E-state index contributed by atoms with van der Waals surface area (Å²) in [6.07, 6.45) is 5.97. The molecule has 1 aliphatic carbocycles. The van der Waals surface area contributed by atoms with Crippen molar-refractivity contribution in [1.29, 1.82) is 0 Å². The normalized spacial score (nSPS) is 20.2. The van der Waals surface area contributed by atoms with Gasteiger partial charge in [-0.3, -0.25) is 0 Å². The van der Waals surface area contributed by atoms with Crippen LogP contribution < -0.4 is 10.1 Å². The first kappa shape index (κ1) is 16.3. The number of likely N-dealkylation sites (N-methyl/N-ethyl adjacent to an activating group) is 1. The van der Waals surface area contributed by atoms with E-state index in [1.165, 1.54) is 32.8 Å². The molecule has 1 N–H and O–H groups in total. The summed E-state index contributed by atoms with van der Waals surface area (Å²) >= 11 is 0. The summed E-state index contributed by atoms with van der Waals surface area (Å²) in [5.74, 6) is 0.738. The molecule has 2 rings (SSSR count). The third kappa shape index (κ3) is 4.19. The quantitative estimate of drug-likeness (QED) is 0.879. The smallest absolute Gasteiger partial charge is 0.165 e. The molecule has 1 aromatic carbocycles. The van der Waals surface area contributed by atoms with Crippen LogP contribution >= 0.6 is 0 Å². The fraction of sp³-hybridized carbons (Fsp3) is 0.667. The van der Waals surface area contributed by atoms with E-state index in [1.807, 2.05) is 13.1 Å². The van der Waals surface area contributed by atoms with Gasteiger partial charge in [-0.2, -0.15) is 0 Å². The van der Waals surface area contributed by atoms with Gasteiger partial charge in [0, 0.05) is 6.04 Å². The van der Waals surface area contributed by atoms with Gasteiger partial charge in [-0.05, 0) is 68.2 Å². The maximum absolute atomic E-state index is 13.8. The second-order valence-corrected chi connectivity index (χ2v) is 7.07. The molecule has 1 aliphatic rings. The van der Waals surface area contributed by atoms with Crippen LogP contribution in [0.25, 0.3) is 0 Å². The van der Waals surface area contributed by atoms with Gasteiger partial charge in [0.25, 0.3) is 0 Å². The van der Waals surface area contributed by atoms with Crippen molar-refractivity contribution in [3.63, 3.8) is 0 Å². The Balaban J connectivity index is 2.01. The molecular weight excluding hydrogens is 265 g/mol. The highest BCUT2D eigenvalue weighted by atomic mass is 19.1. The Labute approximate surface area is 128 Å². The molecular formula is C18H28FNO. The first-order valence-electron chi connectivity index (χ1n) is 7.95. The van der Waals surface area contributed by atoms with E-state index in [4.69, 9.17) is 4.74 Å². The lowest BCUT2D eigenvalue weighted by atomic mass is 9.70. The van der Waals surface area contributed by atoms with Gasteiger partial charge in [-0.25, -0.2) is 4.39 Å². The average Bonchev–Trinajstić information content (AvgIpc) is 2.45. The minimum absolute atomic E-state index is 0.269. The maximum atomic E-state index is 13.8. The summed E-state index contributed by atoms with van der Waals surface area (Å²) in [6.45, 7) is 4.72. The fourth-order valence-electron chi connectivity index (χ4n) is 3.42. The highest BCUT2D eigenvalue weighted by molar-refractivity contribution is 5.29. The SMILES string of the molecule is CNC(Cc1ccc(OC)c(F)c1)C1CCC(C)(C)CC1. The Morgan fingerprint density at radius 1 is 1.33 bits per heavy atom. The van der Waals surface area contributed by atoms with Crippen molar-refractivity contribution in [3.05, 3.63) is 29.6 Å². The van der Waals surface area contributed by atoms with Crippen molar-refractivity contribution in [3.8, 4) is 5.75 Å². The predicted octanol–water partition coefficient (Wildman–Crippen LogP) is 4.18. The zero-order valence-electron chi connectivity index (χ0n) is 13.7. The molecule has 1 saturated carbocycles. The molecule has 3 heteroatoms. The maximum Gasteiger partial charge on any atom is 0.165 e. The zero-order chi connectivity index (χ0) is 15.5. The number of hydrogen-bond acceptors (Lipinski definition) is 2. The molecule has 0 saturated heterocycles. The molecule has 0 radical (unpaired) electrons. The first-order valence-corrected chi connectivity index (χ1v) is 7.95. The number of ether oxygens (including phenoxy) is 1. The third-order valence-electron chi connectivity index (χ3n) is 5.00. The Bertz CT molecular complexity index is 462. The first-order chi connectivity index (χ1) is 9.95. The van der Waals surface area contributed by atoms with E-state index >= 15 is 0 Å². The van der Waals surface area contributed by atoms with Crippen molar-refractivity contribution in [1.82, 2.24) is 5.32 Å². The summed E-state index contributed by atoms with van der Waals surface area (Å²) in [5, 5.41) is 3.44. The van der Waals surface area contributed by atoms with E-state index in [-0.39, 0.29) is 5.82 Å². The second-order valence-electron chi connectivity index (χ2n) is 7.07. The average molecular weight is 293 g/mol. The monoisotopic (exact) mass is 293 g/mol. The van der Waals surface area contributed by atoms with Crippen LogP contribution in [0.1, 0.15) is 45.1 Å². The molecule has 21 heavy (non-hydrogen) atoms. The highest BCUT2D eigenvalue weighted by Crippen LogP contribution is 2.39. The van der Waals surface area contributed by atoms with Crippen molar-refractivity contribution in [2.45, 2.75) is 52.0 Å². The van der Waals surface area contributed by atoms with E-state index < -0.39 is 0 Å². The van der Waals surface area contributed by atoms with Gasteiger partial charge in [-0.15, -0.1) is 0 Å². The Morgan fingerprint density at radius 3 is 2.52 bits per heavy atom. The van der Waals surface area contributed by atoms with E-state index in [0.29, 0.717) is 23.1 Å². The number of methoxy groups -OCH3 is 1. The standard InChI is InChI=1S/C18H28FNO/c1-18(2)9-7-14(8-10-18)16(20-3)12-13-5-6-17(21-4)15(19)11-13/h5-6,11,14,16,20H,7-10,12H2,1-4H3. The minimum Gasteiger partial charge on any atom is -0.494 e. The topological polar surface area (TPSA) is 21.3 Å². The van der Waals surface area contributed by atoms with Crippen molar-refractivity contribution in [2.75, 3.05) is 14.2 Å². The Morgan fingerprint density at radius 2 is 2.00 bits per heavy atom. The molecule has 1 fully saturated rings. The number of nitrogens with one attached hydrogen (secondary N) is 1. The van der Waals surface area contributed by atoms with E-state index in [0.717, 1.165) is 12.0 Å². The molecule has 0 amide bonds. The molecule has 0 heterocycles. The van der Waals surface area contributed by atoms with Crippen molar-refractivity contribution < 1.29 is 9.13 Å². The fourth-order valence-corrected chi connectivity index (χ4v) is 3.42. The van der Waals surface area contributed by atoms with Crippen molar-refractivity contribution in [2.24, 2.45) is 11.3 Å². The van der Waals surface area contributed by atoms with Gasteiger partial charge >= 0.3 is 0 Å². The van der Waals surface area contributed by atoms with Crippen molar-refractivity contribution >= 4 is 0 Å². The van der Waals surface area contributed by atoms with Gasteiger partial charge in [0.15, 0.2) is 11.6 Å². The molecule has 0 aromatic heterocycles. The molecule has 0 bridgehead atoms. The van der Waals surface area contributed by atoms with E-state index in [9.17, 15) is 4.39 Å². The Kier molecular flexibility index (Phi) is 5.26. The number of halogens is 1. The molecule has 118 valence electrons. The summed E-state index contributed by atoms with van der Waals surface area (Å²) in [6, 6.07) is 5.73. The van der Waals surface area contributed by atoms with Crippen LogP contribution in [-0.4, -0.2) is 20.2 Å². The van der Waals surface area contributed by atoms with Gasteiger partial charge in [0.2, 0.25) is 0 Å². The van der Waals surface area contributed by atoms with Crippen LogP contribution in [0.15, 0.2) is 18.2 Å². The van der Waals surface area contributed by atoms with Gasteiger partial charge < -0.3 is 10.1 Å². The number of benzene rings is 1. The van der Waals surface area contributed by atoms with Crippen LogP contribution in [0, 0.1) is 17.2 Å². The summed E-state index contributed by atoms with van der Waals surface area (Å²) in [5.41, 5.74) is 1.53. The zero-order valence-corrected chi connectivity index (χ0v) is 13.7. The molecule has 1 aromatic rings. The molecule has 0 spiro atoms. The lowest BCUT2D eigenvalue weighted by molar-refractivity contribution is 0.163. The highest BCUT2D eigenvalue weighted by Gasteiger charge is 2.30.